The van der Waals surface area contributed by atoms with E-state index in [1.165, 1.54) is 5.56 Å². The molecule has 0 heterocycles. The summed E-state index contributed by atoms with van der Waals surface area (Å²) in [5.74, 6) is -0.0458. The Labute approximate surface area is 139 Å². The van der Waals surface area contributed by atoms with Crippen molar-refractivity contribution >= 4 is 39.9 Å². The first-order valence-corrected chi connectivity index (χ1v) is 7.91. The molecule has 0 bridgehead atoms. The van der Waals surface area contributed by atoms with Gasteiger partial charge < -0.3 is 10.6 Å². The highest BCUT2D eigenvalue weighted by molar-refractivity contribution is 14.1. The van der Waals surface area contributed by atoms with Crippen molar-refractivity contribution in [2.75, 3.05) is 17.2 Å². The number of carbonyl (C=O) groups excluding carboxylic acids is 1. The van der Waals surface area contributed by atoms with Gasteiger partial charge in [0.05, 0.1) is 6.54 Å². The molecule has 0 aliphatic rings. The van der Waals surface area contributed by atoms with Crippen molar-refractivity contribution in [1.82, 2.24) is 0 Å². The summed E-state index contributed by atoms with van der Waals surface area (Å²) >= 11 is 2.24. The summed E-state index contributed by atoms with van der Waals surface area (Å²) in [6.45, 7) is 6.45. The third-order valence-corrected chi connectivity index (χ3v) is 3.95. The van der Waals surface area contributed by atoms with Crippen LogP contribution in [0.1, 0.15) is 16.7 Å². The smallest absolute Gasteiger partial charge is 0.243 e. The Kier molecular flexibility index (Phi) is 5.22. The second-order valence-electron chi connectivity index (χ2n) is 5.18. The van der Waals surface area contributed by atoms with Crippen LogP contribution in [-0.2, 0) is 4.79 Å². The number of amides is 1. The fourth-order valence-electron chi connectivity index (χ4n) is 2.37. The average Bonchev–Trinajstić information content (AvgIpc) is 2.40. The topological polar surface area (TPSA) is 41.1 Å². The van der Waals surface area contributed by atoms with Gasteiger partial charge in [0.2, 0.25) is 5.91 Å². The summed E-state index contributed by atoms with van der Waals surface area (Å²) < 4.78 is 1.15. The lowest BCUT2D eigenvalue weighted by molar-refractivity contribution is -0.114. The maximum atomic E-state index is 12.0. The van der Waals surface area contributed by atoms with E-state index >= 15 is 0 Å². The Bertz CT molecular complexity index is 627. The second kappa shape index (κ2) is 6.93. The SMILES string of the molecule is Cc1cc(C)c(NCC(=O)Nc2ccc(I)cc2)c(C)c1. The van der Waals surface area contributed by atoms with Crippen LogP contribution in [0.15, 0.2) is 36.4 Å². The van der Waals surface area contributed by atoms with E-state index in [2.05, 4.69) is 66.1 Å². The zero-order valence-corrected chi connectivity index (χ0v) is 14.6. The largest absolute Gasteiger partial charge is 0.376 e. The van der Waals surface area contributed by atoms with Crippen molar-refractivity contribution in [2.45, 2.75) is 20.8 Å². The minimum atomic E-state index is -0.0458. The minimum absolute atomic E-state index is 0.0458. The van der Waals surface area contributed by atoms with Crippen LogP contribution in [-0.4, -0.2) is 12.5 Å². The Morgan fingerprint density at radius 1 is 1.05 bits per heavy atom. The number of nitrogens with one attached hydrogen (secondary N) is 2. The monoisotopic (exact) mass is 394 g/mol. The van der Waals surface area contributed by atoms with Crippen molar-refractivity contribution in [3.63, 3.8) is 0 Å². The van der Waals surface area contributed by atoms with Crippen molar-refractivity contribution in [1.29, 1.82) is 0 Å². The van der Waals surface area contributed by atoms with E-state index in [0.717, 1.165) is 26.1 Å². The van der Waals surface area contributed by atoms with Crippen molar-refractivity contribution in [3.8, 4) is 0 Å². The number of hydrogen-bond donors (Lipinski definition) is 2. The zero-order valence-electron chi connectivity index (χ0n) is 12.5. The van der Waals surface area contributed by atoms with Crippen LogP contribution in [0.2, 0.25) is 0 Å². The van der Waals surface area contributed by atoms with Gasteiger partial charge in [-0.3, -0.25) is 4.79 Å². The highest BCUT2D eigenvalue weighted by Gasteiger charge is 2.06. The van der Waals surface area contributed by atoms with Crippen LogP contribution >= 0.6 is 22.6 Å². The quantitative estimate of drug-likeness (QED) is 0.761. The molecule has 110 valence electrons. The molecular formula is C17H19IN2O. The number of anilines is 2. The molecule has 2 aromatic carbocycles. The van der Waals surface area contributed by atoms with Gasteiger partial charge in [-0.15, -0.1) is 0 Å². The molecule has 0 fully saturated rings. The number of hydrogen-bond acceptors (Lipinski definition) is 2. The molecule has 0 aromatic heterocycles. The first kappa shape index (κ1) is 15.8. The Balaban J connectivity index is 1.97. The minimum Gasteiger partial charge on any atom is -0.376 e. The molecule has 0 radical (unpaired) electrons. The van der Waals surface area contributed by atoms with Crippen LogP contribution in [0.25, 0.3) is 0 Å². The van der Waals surface area contributed by atoms with Gasteiger partial charge >= 0.3 is 0 Å². The Morgan fingerprint density at radius 2 is 1.62 bits per heavy atom. The fourth-order valence-corrected chi connectivity index (χ4v) is 2.73. The molecule has 0 atom stereocenters. The lowest BCUT2D eigenvalue weighted by Gasteiger charge is -2.14. The molecule has 0 saturated heterocycles. The first-order valence-electron chi connectivity index (χ1n) is 6.83. The molecule has 4 heteroatoms. The van der Waals surface area contributed by atoms with E-state index in [0.29, 0.717) is 0 Å². The van der Waals surface area contributed by atoms with Crippen LogP contribution in [0.5, 0.6) is 0 Å². The van der Waals surface area contributed by atoms with Gasteiger partial charge in [0, 0.05) is 14.9 Å². The Hall–Kier alpha value is -1.56. The van der Waals surface area contributed by atoms with Gasteiger partial charge in [-0.25, -0.2) is 0 Å². The molecule has 2 rings (SSSR count). The maximum Gasteiger partial charge on any atom is 0.243 e. The van der Waals surface area contributed by atoms with Crippen LogP contribution in [0.4, 0.5) is 11.4 Å². The fraction of sp³-hybridized carbons (Fsp3) is 0.235. The standard InChI is InChI=1S/C17H19IN2O/c1-11-8-12(2)17(13(3)9-11)19-10-16(21)20-15-6-4-14(18)5-7-15/h4-9,19H,10H2,1-3H3,(H,20,21). The maximum absolute atomic E-state index is 12.0. The molecule has 0 spiro atoms. The van der Waals surface area contributed by atoms with E-state index in [1.807, 2.05) is 24.3 Å². The predicted molar refractivity (Wildman–Crippen MR) is 96.9 cm³/mol. The summed E-state index contributed by atoms with van der Waals surface area (Å²) in [5, 5.41) is 6.11. The van der Waals surface area contributed by atoms with Crippen molar-refractivity contribution in [2.24, 2.45) is 0 Å². The predicted octanol–water partition coefficient (Wildman–Crippen LogP) is 4.27. The van der Waals surface area contributed by atoms with Crippen LogP contribution in [0.3, 0.4) is 0 Å². The molecule has 21 heavy (non-hydrogen) atoms. The molecular weight excluding hydrogens is 375 g/mol. The third-order valence-electron chi connectivity index (χ3n) is 3.23. The second-order valence-corrected chi connectivity index (χ2v) is 6.43. The number of carbonyl (C=O) groups is 1. The van der Waals surface area contributed by atoms with Crippen LogP contribution in [0, 0.1) is 24.3 Å². The molecule has 2 aromatic rings. The van der Waals surface area contributed by atoms with Crippen molar-refractivity contribution in [3.05, 3.63) is 56.7 Å². The molecule has 0 aliphatic heterocycles. The first-order chi connectivity index (χ1) is 9.95. The summed E-state index contributed by atoms with van der Waals surface area (Å²) in [5.41, 5.74) is 5.42. The number of rotatable bonds is 4. The van der Waals surface area contributed by atoms with Crippen molar-refractivity contribution < 1.29 is 4.79 Å². The normalized spacial score (nSPS) is 10.3. The molecule has 0 unspecified atom stereocenters. The van der Waals surface area contributed by atoms with Gasteiger partial charge in [0.25, 0.3) is 0 Å². The molecule has 2 N–H and O–H groups in total. The van der Waals surface area contributed by atoms with Gasteiger partial charge in [-0.2, -0.15) is 0 Å². The molecule has 0 saturated carbocycles. The third kappa shape index (κ3) is 4.46. The number of halogens is 1. The molecule has 3 nitrogen and oxygen atoms in total. The summed E-state index contributed by atoms with van der Waals surface area (Å²) in [4.78, 5) is 12.0. The highest BCUT2D eigenvalue weighted by Crippen LogP contribution is 2.21. The van der Waals surface area contributed by atoms with Gasteiger partial charge in [0.15, 0.2) is 0 Å². The highest BCUT2D eigenvalue weighted by atomic mass is 127. The van der Waals surface area contributed by atoms with E-state index < -0.39 is 0 Å². The van der Waals surface area contributed by atoms with Gasteiger partial charge in [-0.05, 0) is 78.8 Å². The average molecular weight is 394 g/mol. The lowest BCUT2D eigenvalue weighted by atomic mass is 10.1. The lowest BCUT2D eigenvalue weighted by Crippen LogP contribution is -2.22. The zero-order chi connectivity index (χ0) is 15.4. The number of benzene rings is 2. The van der Waals surface area contributed by atoms with E-state index in [1.54, 1.807) is 0 Å². The van der Waals surface area contributed by atoms with Crippen LogP contribution < -0.4 is 10.6 Å². The molecule has 1 amide bonds. The van der Waals surface area contributed by atoms with Gasteiger partial charge in [0.1, 0.15) is 0 Å². The molecule has 0 aliphatic carbocycles. The van der Waals surface area contributed by atoms with E-state index in [9.17, 15) is 4.79 Å². The Morgan fingerprint density at radius 3 is 2.19 bits per heavy atom. The summed E-state index contributed by atoms with van der Waals surface area (Å²) in [7, 11) is 0. The van der Waals surface area contributed by atoms with E-state index in [4.69, 9.17) is 0 Å². The van der Waals surface area contributed by atoms with E-state index in [-0.39, 0.29) is 12.5 Å². The summed E-state index contributed by atoms with van der Waals surface area (Å²) in [6, 6.07) is 12.0. The van der Waals surface area contributed by atoms with Gasteiger partial charge in [-0.1, -0.05) is 17.7 Å². The number of aryl methyl sites for hydroxylation is 3. The summed E-state index contributed by atoms with van der Waals surface area (Å²) in [6.07, 6.45) is 0.